The van der Waals surface area contributed by atoms with Crippen LogP contribution in [0.25, 0.3) is 0 Å². The smallest absolute Gasteiger partial charge is 0.238 e. The van der Waals surface area contributed by atoms with Crippen molar-refractivity contribution in [3.05, 3.63) is 40.9 Å². The first kappa shape index (κ1) is 19.3. The topological polar surface area (TPSA) is 69.3 Å². The van der Waals surface area contributed by atoms with Crippen LogP contribution >= 0.6 is 11.6 Å². The first-order valence-corrected chi connectivity index (χ1v) is 10.6. The van der Waals surface area contributed by atoms with E-state index in [9.17, 15) is 4.79 Å². The third-order valence-corrected chi connectivity index (χ3v) is 5.92. The van der Waals surface area contributed by atoms with Crippen LogP contribution in [0.2, 0.25) is 5.02 Å². The predicted octanol–water partition coefficient (Wildman–Crippen LogP) is 4.01. The maximum absolute atomic E-state index is 12.7. The number of nitrogens with zero attached hydrogens (tertiary/aromatic N) is 1. The van der Waals surface area contributed by atoms with Gasteiger partial charge in [-0.25, -0.2) is 0 Å². The van der Waals surface area contributed by atoms with Gasteiger partial charge in [0.1, 0.15) is 0 Å². The number of amides is 1. The number of ether oxygens (including phenoxy) is 4. The highest BCUT2D eigenvalue weighted by atomic mass is 35.5. The van der Waals surface area contributed by atoms with Crippen molar-refractivity contribution in [2.75, 3.05) is 38.4 Å². The lowest BCUT2D eigenvalue weighted by Gasteiger charge is -2.25. The zero-order valence-corrected chi connectivity index (χ0v) is 17.2. The largest absolute Gasteiger partial charge is 0.490 e. The second kappa shape index (κ2) is 8.24. The lowest BCUT2D eigenvalue weighted by molar-refractivity contribution is -0.117. The van der Waals surface area contributed by atoms with Crippen LogP contribution in [0.1, 0.15) is 30.9 Å². The van der Waals surface area contributed by atoms with Gasteiger partial charge in [-0.2, -0.15) is 0 Å². The number of hydrogen-bond donors (Lipinski definition) is 1. The summed E-state index contributed by atoms with van der Waals surface area (Å²) in [6.45, 7) is 2.63. The van der Waals surface area contributed by atoms with Gasteiger partial charge in [-0.1, -0.05) is 17.7 Å². The summed E-state index contributed by atoms with van der Waals surface area (Å²) < 4.78 is 22.3. The summed E-state index contributed by atoms with van der Waals surface area (Å²) in [5.41, 5.74) is 1.67. The van der Waals surface area contributed by atoms with Gasteiger partial charge in [-0.05, 0) is 37.1 Å². The molecule has 1 fully saturated rings. The molecule has 3 aliphatic rings. The van der Waals surface area contributed by atoms with Gasteiger partial charge in [0.05, 0.1) is 30.5 Å². The fraction of sp³-hybridized carbons (Fsp3) is 0.409. The molecule has 30 heavy (non-hydrogen) atoms. The zero-order valence-electron chi connectivity index (χ0n) is 16.5. The highest BCUT2D eigenvalue weighted by Crippen LogP contribution is 2.40. The van der Waals surface area contributed by atoms with E-state index in [0.29, 0.717) is 35.4 Å². The van der Waals surface area contributed by atoms with Gasteiger partial charge >= 0.3 is 0 Å². The Balaban J connectivity index is 1.28. The molecule has 7 nitrogen and oxygen atoms in total. The van der Waals surface area contributed by atoms with Crippen molar-refractivity contribution in [1.29, 1.82) is 0 Å². The molecule has 1 atom stereocenters. The van der Waals surface area contributed by atoms with Crippen LogP contribution in [0.15, 0.2) is 30.3 Å². The summed E-state index contributed by atoms with van der Waals surface area (Å²) in [5.74, 6) is 2.63. The molecule has 158 valence electrons. The van der Waals surface area contributed by atoms with Crippen molar-refractivity contribution < 1.29 is 23.7 Å². The summed E-state index contributed by atoms with van der Waals surface area (Å²) >= 11 is 6.28. The molecule has 1 amide bonds. The van der Waals surface area contributed by atoms with E-state index in [4.69, 9.17) is 30.5 Å². The van der Waals surface area contributed by atoms with Crippen molar-refractivity contribution in [1.82, 2.24) is 4.90 Å². The number of likely N-dealkylation sites (tertiary alicyclic amines) is 1. The minimum atomic E-state index is -0.114. The van der Waals surface area contributed by atoms with E-state index in [1.807, 2.05) is 6.07 Å². The molecule has 8 heteroatoms. The van der Waals surface area contributed by atoms with Crippen LogP contribution in [0.5, 0.6) is 23.0 Å². The number of halogens is 1. The lowest BCUT2D eigenvalue weighted by atomic mass is 10.0. The number of rotatable bonds is 4. The van der Waals surface area contributed by atoms with Gasteiger partial charge in [-0.3, -0.25) is 9.69 Å². The van der Waals surface area contributed by atoms with Crippen LogP contribution in [-0.4, -0.2) is 43.9 Å². The summed E-state index contributed by atoms with van der Waals surface area (Å²) in [7, 11) is 0. The van der Waals surface area contributed by atoms with Crippen LogP contribution in [0.4, 0.5) is 5.69 Å². The van der Waals surface area contributed by atoms with E-state index in [1.165, 1.54) is 0 Å². The Morgan fingerprint density at radius 2 is 1.77 bits per heavy atom. The zero-order chi connectivity index (χ0) is 20.5. The fourth-order valence-corrected chi connectivity index (χ4v) is 4.37. The number of benzene rings is 2. The number of anilines is 1. The normalized spacial score (nSPS) is 20.1. The molecule has 0 saturated carbocycles. The van der Waals surface area contributed by atoms with Gasteiger partial charge in [0.15, 0.2) is 23.0 Å². The Labute approximate surface area is 179 Å². The van der Waals surface area contributed by atoms with Crippen molar-refractivity contribution >= 4 is 23.2 Å². The molecular formula is C22H23ClN2O5. The molecule has 2 aromatic rings. The third kappa shape index (κ3) is 3.87. The molecule has 0 bridgehead atoms. The minimum absolute atomic E-state index is 0.114. The van der Waals surface area contributed by atoms with Crippen molar-refractivity contribution in [2.45, 2.75) is 25.3 Å². The first-order chi connectivity index (χ1) is 14.7. The van der Waals surface area contributed by atoms with E-state index in [1.54, 1.807) is 12.1 Å². The molecule has 2 aromatic carbocycles. The number of carbonyl (C=O) groups excluding carboxylic acids is 1. The number of nitrogens with one attached hydrogen (secondary N) is 1. The number of carbonyl (C=O) groups is 1. The van der Waals surface area contributed by atoms with Crippen LogP contribution in [0, 0.1) is 0 Å². The molecule has 0 unspecified atom stereocenters. The van der Waals surface area contributed by atoms with Crippen molar-refractivity contribution in [2.24, 2.45) is 0 Å². The van der Waals surface area contributed by atoms with Crippen molar-refractivity contribution in [3.63, 3.8) is 0 Å². The predicted molar refractivity (Wildman–Crippen MR) is 112 cm³/mol. The molecule has 0 aromatic heterocycles. The average molecular weight is 431 g/mol. The second-order valence-corrected chi connectivity index (χ2v) is 8.03. The molecule has 3 aliphatic heterocycles. The molecule has 1 saturated heterocycles. The molecule has 5 rings (SSSR count). The number of hydrogen-bond acceptors (Lipinski definition) is 6. The lowest BCUT2D eigenvalue weighted by Crippen LogP contribution is -2.33. The highest BCUT2D eigenvalue weighted by molar-refractivity contribution is 6.34. The maximum atomic E-state index is 12.7. The standard InChI is InChI=1S/C22H23ClN2O5/c23-15-10-20-21(30-13-29-20)11-16(15)24-22(26)12-25-6-1-3-17(25)14-4-5-18-19(9-14)28-8-2-7-27-18/h4-5,9-11,17H,1-3,6-8,12-13H2,(H,24,26)/t17-/m1/s1. The monoisotopic (exact) mass is 430 g/mol. The quantitative estimate of drug-likeness (QED) is 0.790. The Hall–Kier alpha value is -2.64. The van der Waals surface area contributed by atoms with Crippen molar-refractivity contribution in [3.8, 4) is 23.0 Å². The maximum Gasteiger partial charge on any atom is 0.238 e. The number of fused-ring (bicyclic) bond motifs is 2. The van der Waals surface area contributed by atoms with E-state index in [2.05, 4.69) is 22.3 Å². The van der Waals surface area contributed by atoms with E-state index >= 15 is 0 Å². The molecular weight excluding hydrogens is 408 g/mol. The first-order valence-electron chi connectivity index (χ1n) is 10.2. The molecule has 0 radical (unpaired) electrons. The SMILES string of the molecule is O=C(CN1CCC[C@@H]1c1ccc2c(c1)OCCCO2)Nc1cc2c(cc1Cl)OCO2. The van der Waals surface area contributed by atoms with Gasteiger partial charge in [0.2, 0.25) is 12.7 Å². The van der Waals surface area contributed by atoms with E-state index in [-0.39, 0.29) is 25.3 Å². The minimum Gasteiger partial charge on any atom is -0.490 e. The Kier molecular flexibility index (Phi) is 5.31. The summed E-state index contributed by atoms with van der Waals surface area (Å²) in [6, 6.07) is 9.63. The fourth-order valence-electron chi connectivity index (χ4n) is 4.17. The van der Waals surface area contributed by atoms with Crippen LogP contribution in [-0.2, 0) is 4.79 Å². The summed E-state index contributed by atoms with van der Waals surface area (Å²) in [5, 5.41) is 3.33. The summed E-state index contributed by atoms with van der Waals surface area (Å²) in [4.78, 5) is 14.9. The average Bonchev–Trinajstić information content (AvgIpc) is 3.31. The van der Waals surface area contributed by atoms with E-state index in [0.717, 1.165) is 42.9 Å². The van der Waals surface area contributed by atoms with Crippen LogP contribution in [0.3, 0.4) is 0 Å². The molecule has 3 heterocycles. The Morgan fingerprint density at radius 1 is 1.00 bits per heavy atom. The second-order valence-electron chi connectivity index (χ2n) is 7.62. The van der Waals surface area contributed by atoms with Gasteiger partial charge in [-0.15, -0.1) is 0 Å². The Bertz CT molecular complexity index is 967. The van der Waals surface area contributed by atoms with Crippen LogP contribution < -0.4 is 24.3 Å². The van der Waals surface area contributed by atoms with Gasteiger partial charge < -0.3 is 24.3 Å². The van der Waals surface area contributed by atoms with Gasteiger partial charge in [0.25, 0.3) is 0 Å². The van der Waals surface area contributed by atoms with Gasteiger partial charge in [0, 0.05) is 24.6 Å². The molecule has 0 spiro atoms. The molecule has 0 aliphatic carbocycles. The Morgan fingerprint density at radius 3 is 2.63 bits per heavy atom. The third-order valence-electron chi connectivity index (χ3n) is 5.60. The highest BCUT2D eigenvalue weighted by Gasteiger charge is 2.29. The molecule has 1 N–H and O–H groups in total. The van der Waals surface area contributed by atoms with E-state index < -0.39 is 0 Å². The summed E-state index contributed by atoms with van der Waals surface area (Å²) in [6.07, 6.45) is 2.91.